The summed E-state index contributed by atoms with van der Waals surface area (Å²) in [6.45, 7) is 1.41. The number of anilines is 1. The average molecular weight is 237 g/mol. The van der Waals surface area contributed by atoms with Crippen molar-refractivity contribution in [1.29, 1.82) is 0 Å². The molecule has 0 aromatic heterocycles. The van der Waals surface area contributed by atoms with Crippen LogP contribution in [0.1, 0.15) is 13.3 Å². The van der Waals surface area contributed by atoms with E-state index in [-0.39, 0.29) is 18.9 Å². The lowest BCUT2D eigenvalue weighted by Gasteiger charge is -2.06. The van der Waals surface area contributed by atoms with Crippen LogP contribution in [-0.2, 0) is 14.3 Å². The Balaban J connectivity index is 2.42. The molecule has 1 N–H and O–H groups in total. The smallest absolute Gasteiger partial charge is 0.306 e. The molecule has 17 heavy (non-hydrogen) atoms. The normalized spacial score (nSPS) is 9.53. The van der Waals surface area contributed by atoms with Crippen LogP contribution in [0, 0.1) is 0 Å². The Kier molecular flexibility index (Phi) is 5.00. The number of ether oxygens (including phenoxy) is 2. The molecule has 0 radical (unpaired) electrons. The second kappa shape index (κ2) is 6.52. The highest BCUT2D eigenvalue weighted by molar-refractivity contribution is 5.92. The summed E-state index contributed by atoms with van der Waals surface area (Å²) in [5, 5.41) is 2.60. The van der Waals surface area contributed by atoms with Gasteiger partial charge in [-0.2, -0.15) is 0 Å². The van der Waals surface area contributed by atoms with Crippen LogP contribution < -0.4 is 10.1 Å². The summed E-state index contributed by atoms with van der Waals surface area (Å²) >= 11 is 0. The molecular weight excluding hydrogens is 222 g/mol. The van der Waals surface area contributed by atoms with Crippen molar-refractivity contribution >= 4 is 17.6 Å². The molecule has 0 atom stereocenters. The van der Waals surface area contributed by atoms with Crippen molar-refractivity contribution in [1.82, 2.24) is 0 Å². The highest BCUT2D eigenvalue weighted by Gasteiger charge is 2.05. The van der Waals surface area contributed by atoms with Crippen molar-refractivity contribution in [3.8, 4) is 5.75 Å². The number of carbonyl (C=O) groups excluding carboxylic acids is 2. The van der Waals surface area contributed by atoms with E-state index in [2.05, 4.69) is 5.32 Å². The predicted octanol–water partition coefficient (Wildman–Crippen LogP) is 1.59. The number of hydrogen-bond donors (Lipinski definition) is 1. The number of nitrogens with one attached hydrogen (secondary N) is 1. The van der Waals surface area contributed by atoms with Crippen molar-refractivity contribution < 1.29 is 19.1 Å². The predicted molar refractivity (Wildman–Crippen MR) is 62.9 cm³/mol. The van der Waals surface area contributed by atoms with Crippen molar-refractivity contribution in [2.24, 2.45) is 0 Å². The lowest BCUT2D eigenvalue weighted by molar-refractivity contribution is -0.146. The zero-order valence-electron chi connectivity index (χ0n) is 9.86. The number of esters is 1. The third-order valence-corrected chi connectivity index (χ3v) is 2.03. The second-order valence-electron chi connectivity index (χ2n) is 3.29. The Morgan fingerprint density at radius 1 is 1.24 bits per heavy atom. The molecule has 0 aliphatic carbocycles. The summed E-state index contributed by atoms with van der Waals surface area (Å²) in [4.78, 5) is 22.2. The minimum Gasteiger partial charge on any atom is -0.497 e. The molecule has 0 aliphatic heterocycles. The summed E-state index contributed by atoms with van der Waals surface area (Å²) in [5.41, 5.74) is 0.628. The molecule has 0 unspecified atom stereocenters. The Labute approximate surface area is 99.7 Å². The van der Waals surface area contributed by atoms with Crippen LogP contribution in [0.4, 0.5) is 5.69 Å². The van der Waals surface area contributed by atoms with Gasteiger partial charge < -0.3 is 14.8 Å². The van der Waals surface area contributed by atoms with Crippen LogP contribution in [0.3, 0.4) is 0 Å². The van der Waals surface area contributed by atoms with E-state index in [4.69, 9.17) is 9.47 Å². The standard InChI is InChI=1S/C12H15NO4/c1-3-12(15)17-8-11(14)13-9-4-6-10(16-2)7-5-9/h4-7H,3,8H2,1-2H3,(H,13,14). The van der Waals surface area contributed by atoms with Crippen molar-refractivity contribution in [3.05, 3.63) is 24.3 Å². The molecule has 5 nitrogen and oxygen atoms in total. The lowest BCUT2D eigenvalue weighted by atomic mass is 10.3. The zero-order chi connectivity index (χ0) is 12.7. The number of amides is 1. The average Bonchev–Trinajstić information content (AvgIpc) is 2.36. The Hall–Kier alpha value is -2.04. The van der Waals surface area contributed by atoms with Gasteiger partial charge in [-0.25, -0.2) is 0 Å². The van der Waals surface area contributed by atoms with Gasteiger partial charge in [0.25, 0.3) is 5.91 Å². The summed E-state index contributed by atoms with van der Waals surface area (Å²) in [6.07, 6.45) is 0.260. The van der Waals surface area contributed by atoms with E-state index in [1.807, 2.05) is 0 Å². The lowest BCUT2D eigenvalue weighted by Crippen LogP contribution is -2.20. The maximum atomic E-state index is 11.4. The monoisotopic (exact) mass is 237 g/mol. The highest BCUT2D eigenvalue weighted by atomic mass is 16.5. The third kappa shape index (κ3) is 4.55. The first kappa shape index (κ1) is 13.0. The zero-order valence-corrected chi connectivity index (χ0v) is 9.86. The van der Waals surface area contributed by atoms with Crippen LogP contribution in [0.5, 0.6) is 5.75 Å². The fourth-order valence-electron chi connectivity index (χ4n) is 1.12. The maximum absolute atomic E-state index is 11.4. The first-order chi connectivity index (χ1) is 8.15. The quantitative estimate of drug-likeness (QED) is 0.790. The van der Waals surface area contributed by atoms with Crippen molar-refractivity contribution in [2.45, 2.75) is 13.3 Å². The number of benzene rings is 1. The van der Waals surface area contributed by atoms with Crippen LogP contribution in [0.15, 0.2) is 24.3 Å². The van der Waals surface area contributed by atoms with Crippen LogP contribution in [0.25, 0.3) is 0 Å². The molecule has 1 aromatic rings. The molecule has 0 bridgehead atoms. The first-order valence-electron chi connectivity index (χ1n) is 5.25. The van der Waals surface area contributed by atoms with Crippen molar-refractivity contribution in [3.63, 3.8) is 0 Å². The van der Waals surface area contributed by atoms with Gasteiger partial charge in [-0.15, -0.1) is 0 Å². The number of methoxy groups -OCH3 is 1. The Bertz CT molecular complexity index is 386. The molecule has 1 amide bonds. The number of hydrogen-bond acceptors (Lipinski definition) is 4. The van der Waals surface area contributed by atoms with Gasteiger partial charge in [0.15, 0.2) is 6.61 Å². The molecule has 0 heterocycles. The van der Waals surface area contributed by atoms with Gasteiger partial charge in [0.2, 0.25) is 0 Å². The fourth-order valence-corrected chi connectivity index (χ4v) is 1.12. The van der Waals surface area contributed by atoms with Gasteiger partial charge in [-0.1, -0.05) is 6.92 Å². The molecular formula is C12H15NO4. The van der Waals surface area contributed by atoms with Gasteiger partial charge in [0, 0.05) is 12.1 Å². The van der Waals surface area contributed by atoms with Gasteiger partial charge >= 0.3 is 5.97 Å². The van der Waals surface area contributed by atoms with E-state index in [0.717, 1.165) is 0 Å². The molecule has 5 heteroatoms. The maximum Gasteiger partial charge on any atom is 0.306 e. The summed E-state index contributed by atoms with van der Waals surface area (Å²) < 4.78 is 9.68. The van der Waals surface area contributed by atoms with E-state index >= 15 is 0 Å². The van der Waals surface area contributed by atoms with Crippen LogP contribution in [-0.4, -0.2) is 25.6 Å². The Morgan fingerprint density at radius 2 is 1.88 bits per heavy atom. The fraction of sp³-hybridized carbons (Fsp3) is 0.333. The summed E-state index contributed by atoms with van der Waals surface area (Å²) in [7, 11) is 1.57. The SMILES string of the molecule is CCC(=O)OCC(=O)Nc1ccc(OC)cc1. The number of rotatable bonds is 5. The summed E-state index contributed by atoms with van der Waals surface area (Å²) in [5.74, 6) is -0.0488. The molecule has 1 rings (SSSR count). The van der Waals surface area contributed by atoms with Gasteiger partial charge in [-0.05, 0) is 24.3 Å². The Morgan fingerprint density at radius 3 is 2.41 bits per heavy atom. The van der Waals surface area contributed by atoms with Gasteiger partial charge in [-0.3, -0.25) is 9.59 Å². The van der Waals surface area contributed by atoms with Crippen LogP contribution >= 0.6 is 0 Å². The minimum absolute atomic E-state index is 0.260. The molecule has 0 saturated heterocycles. The van der Waals surface area contributed by atoms with Gasteiger partial charge in [0.05, 0.1) is 7.11 Å². The van der Waals surface area contributed by atoms with E-state index in [9.17, 15) is 9.59 Å². The highest BCUT2D eigenvalue weighted by Crippen LogP contribution is 2.14. The van der Waals surface area contributed by atoms with Crippen LogP contribution in [0.2, 0.25) is 0 Å². The molecule has 0 fully saturated rings. The summed E-state index contributed by atoms with van der Waals surface area (Å²) in [6, 6.07) is 6.87. The van der Waals surface area contributed by atoms with E-state index in [1.54, 1.807) is 38.3 Å². The molecule has 0 saturated carbocycles. The van der Waals surface area contributed by atoms with Crippen molar-refractivity contribution in [2.75, 3.05) is 19.0 Å². The van der Waals surface area contributed by atoms with E-state index < -0.39 is 5.97 Å². The largest absolute Gasteiger partial charge is 0.497 e. The molecule has 0 spiro atoms. The number of carbonyl (C=O) groups is 2. The first-order valence-corrected chi connectivity index (χ1v) is 5.25. The minimum atomic E-state index is -0.394. The second-order valence-corrected chi connectivity index (χ2v) is 3.29. The van der Waals surface area contributed by atoms with E-state index in [1.165, 1.54) is 0 Å². The van der Waals surface area contributed by atoms with E-state index in [0.29, 0.717) is 11.4 Å². The van der Waals surface area contributed by atoms with Gasteiger partial charge in [0.1, 0.15) is 5.75 Å². The molecule has 0 aliphatic rings. The third-order valence-electron chi connectivity index (χ3n) is 2.03. The molecule has 92 valence electrons. The topological polar surface area (TPSA) is 64.6 Å². The molecule has 1 aromatic carbocycles.